The van der Waals surface area contributed by atoms with Crippen molar-refractivity contribution in [3.63, 3.8) is 0 Å². The third-order valence-corrected chi connectivity index (χ3v) is 2.29. The van der Waals surface area contributed by atoms with Crippen LogP contribution in [0.5, 0.6) is 0 Å². The Hall–Kier alpha value is -0.160. The van der Waals surface area contributed by atoms with E-state index < -0.39 is 6.10 Å². The molecule has 1 atom stereocenters. The van der Waals surface area contributed by atoms with Crippen LogP contribution in [0.25, 0.3) is 0 Å². The maximum Gasteiger partial charge on any atom is 0.169 e. The molecular formula is C9H21NO3. The van der Waals surface area contributed by atoms with E-state index in [1.807, 2.05) is 13.8 Å². The molecule has 0 fully saturated rings. The molecule has 0 heterocycles. The summed E-state index contributed by atoms with van der Waals surface area (Å²) in [6, 6.07) is 0. The van der Waals surface area contributed by atoms with Gasteiger partial charge >= 0.3 is 0 Å². The zero-order valence-electron chi connectivity index (χ0n) is 9.13. The molecule has 0 aromatic heterocycles. The highest BCUT2D eigenvalue weighted by atomic mass is 16.7. The lowest BCUT2D eigenvalue weighted by Crippen LogP contribution is -2.51. The van der Waals surface area contributed by atoms with Crippen molar-refractivity contribution in [1.29, 1.82) is 0 Å². The maximum absolute atomic E-state index is 9.39. The van der Waals surface area contributed by atoms with E-state index in [0.717, 1.165) is 0 Å². The molecule has 1 unspecified atom stereocenters. The van der Waals surface area contributed by atoms with Gasteiger partial charge in [-0.3, -0.25) is 0 Å². The molecule has 0 bridgehead atoms. The highest BCUT2D eigenvalue weighted by molar-refractivity contribution is 4.83. The summed E-state index contributed by atoms with van der Waals surface area (Å²) < 4.78 is 10.0. The molecule has 0 aromatic carbocycles. The second kappa shape index (κ2) is 5.54. The number of hydrogen-bond donors (Lipinski definition) is 2. The quantitative estimate of drug-likeness (QED) is 0.595. The van der Waals surface area contributed by atoms with E-state index in [2.05, 4.69) is 5.32 Å². The highest BCUT2D eigenvalue weighted by Crippen LogP contribution is 2.08. The lowest BCUT2D eigenvalue weighted by Gasteiger charge is -2.30. The first kappa shape index (κ1) is 12.8. The largest absolute Gasteiger partial charge is 0.392 e. The summed E-state index contributed by atoms with van der Waals surface area (Å²) in [6.07, 6.45) is -0.681. The van der Waals surface area contributed by atoms with Gasteiger partial charge in [0.15, 0.2) is 6.29 Å². The van der Waals surface area contributed by atoms with Crippen molar-refractivity contribution in [3.8, 4) is 0 Å². The highest BCUT2D eigenvalue weighted by Gasteiger charge is 2.24. The third kappa shape index (κ3) is 4.57. The minimum Gasteiger partial charge on any atom is -0.392 e. The topological polar surface area (TPSA) is 50.7 Å². The fourth-order valence-electron chi connectivity index (χ4n) is 0.757. The summed E-state index contributed by atoms with van der Waals surface area (Å²) in [5.41, 5.74) is -0.324. The van der Waals surface area contributed by atoms with Gasteiger partial charge in [0.1, 0.15) is 0 Å². The molecular weight excluding hydrogens is 170 g/mol. The van der Waals surface area contributed by atoms with Crippen molar-refractivity contribution in [1.82, 2.24) is 5.32 Å². The van der Waals surface area contributed by atoms with E-state index in [0.29, 0.717) is 6.54 Å². The number of nitrogens with one attached hydrogen (secondary N) is 1. The van der Waals surface area contributed by atoms with Gasteiger partial charge in [0, 0.05) is 26.3 Å². The van der Waals surface area contributed by atoms with E-state index in [4.69, 9.17) is 9.47 Å². The second-order valence-corrected chi connectivity index (χ2v) is 3.68. The van der Waals surface area contributed by atoms with E-state index >= 15 is 0 Å². The Kier molecular flexibility index (Phi) is 5.48. The number of aliphatic hydroxyl groups is 1. The van der Waals surface area contributed by atoms with E-state index in [1.54, 1.807) is 21.1 Å². The van der Waals surface area contributed by atoms with Crippen LogP contribution in [0, 0.1) is 0 Å². The van der Waals surface area contributed by atoms with Crippen LogP contribution in [-0.2, 0) is 9.47 Å². The van der Waals surface area contributed by atoms with Crippen molar-refractivity contribution < 1.29 is 14.6 Å². The average Bonchev–Trinajstić information content (AvgIpc) is 2.06. The van der Waals surface area contributed by atoms with Gasteiger partial charge < -0.3 is 19.9 Å². The predicted molar refractivity (Wildman–Crippen MR) is 51.6 cm³/mol. The zero-order chi connectivity index (χ0) is 10.5. The van der Waals surface area contributed by atoms with Crippen LogP contribution in [0.15, 0.2) is 0 Å². The van der Waals surface area contributed by atoms with Crippen molar-refractivity contribution in [2.45, 2.75) is 38.7 Å². The number of rotatable bonds is 6. The third-order valence-electron chi connectivity index (χ3n) is 2.29. The van der Waals surface area contributed by atoms with Crippen LogP contribution in [0.2, 0.25) is 0 Å². The first-order valence-corrected chi connectivity index (χ1v) is 4.42. The Morgan fingerprint density at radius 2 is 1.77 bits per heavy atom. The van der Waals surface area contributed by atoms with Crippen molar-refractivity contribution >= 4 is 0 Å². The van der Waals surface area contributed by atoms with Crippen LogP contribution in [0.3, 0.4) is 0 Å². The molecule has 0 radical (unpaired) electrons. The number of aliphatic hydroxyl groups excluding tert-OH is 1. The van der Waals surface area contributed by atoms with Gasteiger partial charge in [0.25, 0.3) is 0 Å². The minimum atomic E-state index is -0.415. The first-order chi connectivity index (χ1) is 5.94. The van der Waals surface area contributed by atoms with Crippen molar-refractivity contribution in [2.75, 3.05) is 20.8 Å². The molecule has 0 spiro atoms. The van der Waals surface area contributed by atoms with Crippen molar-refractivity contribution in [3.05, 3.63) is 0 Å². The molecule has 0 rings (SSSR count). The Balaban J connectivity index is 3.85. The van der Waals surface area contributed by atoms with Gasteiger partial charge in [-0.25, -0.2) is 0 Å². The molecule has 0 aliphatic carbocycles. The SMILES string of the molecule is COC(CNC(C)(C)C(C)O)OC. The smallest absolute Gasteiger partial charge is 0.169 e. The van der Waals surface area contributed by atoms with E-state index in [-0.39, 0.29) is 11.8 Å². The van der Waals surface area contributed by atoms with Gasteiger partial charge in [-0.15, -0.1) is 0 Å². The molecule has 0 amide bonds. The molecule has 0 aliphatic heterocycles. The summed E-state index contributed by atoms with van der Waals surface area (Å²) in [5.74, 6) is 0. The summed E-state index contributed by atoms with van der Waals surface area (Å²) in [4.78, 5) is 0. The van der Waals surface area contributed by atoms with Crippen LogP contribution in [-0.4, -0.2) is 43.8 Å². The van der Waals surface area contributed by atoms with Gasteiger partial charge in [0.05, 0.1) is 6.10 Å². The van der Waals surface area contributed by atoms with E-state index in [9.17, 15) is 5.11 Å². The molecule has 4 nitrogen and oxygen atoms in total. The molecule has 4 heteroatoms. The Labute approximate surface area is 80.2 Å². The van der Waals surface area contributed by atoms with Crippen LogP contribution < -0.4 is 5.32 Å². The summed E-state index contributed by atoms with van der Waals surface area (Å²) in [5, 5.41) is 12.6. The fraction of sp³-hybridized carbons (Fsp3) is 1.00. The normalized spacial score (nSPS) is 15.0. The molecule has 80 valence electrons. The van der Waals surface area contributed by atoms with Gasteiger partial charge in [-0.05, 0) is 20.8 Å². The molecule has 2 N–H and O–H groups in total. The van der Waals surface area contributed by atoms with E-state index in [1.165, 1.54) is 0 Å². The lowest BCUT2D eigenvalue weighted by atomic mass is 9.99. The van der Waals surface area contributed by atoms with Gasteiger partial charge in [-0.2, -0.15) is 0 Å². The fourth-order valence-corrected chi connectivity index (χ4v) is 0.757. The summed E-state index contributed by atoms with van der Waals surface area (Å²) in [7, 11) is 3.18. The molecule has 0 saturated heterocycles. The summed E-state index contributed by atoms with van der Waals surface area (Å²) in [6.45, 7) is 6.17. The van der Waals surface area contributed by atoms with Gasteiger partial charge in [0.2, 0.25) is 0 Å². The second-order valence-electron chi connectivity index (χ2n) is 3.68. The van der Waals surface area contributed by atoms with Crippen molar-refractivity contribution in [2.24, 2.45) is 0 Å². The molecule has 0 aromatic rings. The molecule has 0 aliphatic rings. The molecule has 0 saturated carbocycles. The zero-order valence-corrected chi connectivity index (χ0v) is 9.13. The number of methoxy groups -OCH3 is 2. The predicted octanol–water partition coefficient (Wildman–Crippen LogP) is 0.354. The minimum absolute atomic E-state index is 0.266. The monoisotopic (exact) mass is 191 g/mol. The maximum atomic E-state index is 9.39. The lowest BCUT2D eigenvalue weighted by molar-refractivity contribution is -0.104. The molecule has 13 heavy (non-hydrogen) atoms. The Bertz CT molecular complexity index is 133. The van der Waals surface area contributed by atoms with Crippen LogP contribution in [0.4, 0.5) is 0 Å². The van der Waals surface area contributed by atoms with Gasteiger partial charge in [-0.1, -0.05) is 0 Å². The van der Waals surface area contributed by atoms with Crippen LogP contribution in [0.1, 0.15) is 20.8 Å². The number of hydrogen-bond acceptors (Lipinski definition) is 4. The Morgan fingerprint density at radius 1 is 1.31 bits per heavy atom. The standard InChI is InChI=1S/C9H21NO3/c1-7(11)9(2,3)10-6-8(12-4)13-5/h7-8,10-11H,6H2,1-5H3. The summed E-state index contributed by atoms with van der Waals surface area (Å²) >= 11 is 0. The number of ether oxygens (including phenoxy) is 2. The van der Waals surface area contributed by atoms with Crippen LogP contribution >= 0.6 is 0 Å². The average molecular weight is 191 g/mol. The Morgan fingerprint density at radius 3 is 2.08 bits per heavy atom. The first-order valence-electron chi connectivity index (χ1n) is 4.42.